The minimum Gasteiger partial charge on any atom is -0.306 e. The van der Waals surface area contributed by atoms with Gasteiger partial charge in [-0.25, -0.2) is 0 Å². The summed E-state index contributed by atoms with van der Waals surface area (Å²) in [4.78, 5) is 14.0. The Labute approximate surface area is 80.3 Å². The van der Waals surface area contributed by atoms with Crippen LogP contribution in [0.15, 0.2) is 0 Å². The number of carbonyl (C=O) groups is 1. The topological polar surface area (TPSA) is 20.3 Å². The predicted octanol–water partition coefficient (Wildman–Crippen LogP) is 1.41. The van der Waals surface area contributed by atoms with Crippen LogP contribution in [0.25, 0.3) is 0 Å². The Bertz CT molecular complexity index is 226. The average molecular weight is 181 g/mol. The average Bonchev–Trinajstić information content (AvgIpc) is 2.32. The Balaban J connectivity index is 2.17. The van der Waals surface area contributed by atoms with E-state index in [0.29, 0.717) is 29.5 Å². The molecule has 1 aliphatic heterocycles. The van der Waals surface area contributed by atoms with Crippen molar-refractivity contribution in [3.8, 4) is 0 Å². The van der Waals surface area contributed by atoms with Gasteiger partial charge in [0.1, 0.15) is 5.78 Å². The van der Waals surface area contributed by atoms with E-state index in [4.69, 9.17) is 0 Å². The highest BCUT2D eigenvalue weighted by atomic mass is 16.1. The number of likely N-dealkylation sites (tertiary alicyclic amines) is 1. The van der Waals surface area contributed by atoms with Crippen molar-refractivity contribution < 1.29 is 4.79 Å². The second-order valence-corrected chi connectivity index (χ2v) is 4.99. The van der Waals surface area contributed by atoms with Crippen molar-refractivity contribution in [2.24, 2.45) is 23.7 Å². The monoisotopic (exact) mass is 181 g/mol. The summed E-state index contributed by atoms with van der Waals surface area (Å²) >= 11 is 0. The van der Waals surface area contributed by atoms with Crippen LogP contribution in [0.5, 0.6) is 0 Å². The summed E-state index contributed by atoms with van der Waals surface area (Å²) in [5.74, 6) is 2.84. The van der Waals surface area contributed by atoms with Crippen LogP contribution in [-0.4, -0.2) is 30.8 Å². The number of Topliss-reactive ketones (excluding diaryl/α,β-unsaturated/α-hetero) is 1. The van der Waals surface area contributed by atoms with Gasteiger partial charge in [-0.05, 0) is 24.8 Å². The SMILES string of the molecule is C[C@H]1CN(C)C[C@@H]2[C@H]1CC(=O)[C@@H]2C. The Hall–Kier alpha value is -0.370. The van der Waals surface area contributed by atoms with Crippen LogP contribution < -0.4 is 0 Å². The number of carbonyl (C=O) groups excluding carboxylic acids is 1. The first-order chi connectivity index (χ1) is 6.09. The fourth-order valence-electron chi connectivity index (χ4n) is 3.16. The summed E-state index contributed by atoms with van der Waals surface area (Å²) < 4.78 is 0. The van der Waals surface area contributed by atoms with Gasteiger partial charge < -0.3 is 4.90 Å². The normalized spacial score (nSPS) is 46.5. The lowest BCUT2D eigenvalue weighted by molar-refractivity contribution is -0.120. The Kier molecular flexibility index (Phi) is 2.18. The van der Waals surface area contributed by atoms with Gasteiger partial charge in [0.25, 0.3) is 0 Å². The lowest BCUT2D eigenvalue weighted by atomic mass is 9.79. The molecule has 0 spiro atoms. The molecule has 74 valence electrons. The fourth-order valence-corrected chi connectivity index (χ4v) is 3.16. The first kappa shape index (κ1) is 9.20. The molecule has 1 heterocycles. The molecule has 4 atom stereocenters. The number of hydrogen-bond acceptors (Lipinski definition) is 2. The van der Waals surface area contributed by atoms with Crippen molar-refractivity contribution >= 4 is 5.78 Å². The number of nitrogens with zero attached hydrogens (tertiary/aromatic N) is 1. The van der Waals surface area contributed by atoms with Gasteiger partial charge in [-0.3, -0.25) is 4.79 Å². The molecule has 1 saturated heterocycles. The van der Waals surface area contributed by atoms with Gasteiger partial charge in [0.2, 0.25) is 0 Å². The number of piperidine rings is 1. The van der Waals surface area contributed by atoms with Gasteiger partial charge in [-0.15, -0.1) is 0 Å². The first-order valence-corrected chi connectivity index (χ1v) is 5.31. The predicted molar refractivity (Wildman–Crippen MR) is 52.4 cm³/mol. The second-order valence-electron chi connectivity index (χ2n) is 4.99. The molecule has 2 nitrogen and oxygen atoms in total. The van der Waals surface area contributed by atoms with E-state index in [0.717, 1.165) is 13.0 Å². The number of rotatable bonds is 0. The van der Waals surface area contributed by atoms with Crippen LogP contribution in [0.4, 0.5) is 0 Å². The summed E-state index contributed by atoms with van der Waals surface area (Å²) in [6.07, 6.45) is 0.848. The highest BCUT2D eigenvalue weighted by Gasteiger charge is 2.44. The summed E-state index contributed by atoms with van der Waals surface area (Å²) in [7, 11) is 2.17. The maximum Gasteiger partial charge on any atom is 0.136 e. The second kappa shape index (κ2) is 3.09. The minimum absolute atomic E-state index is 0.315. The van der Waals surface area contributed by atoms with Gasteiger partial charge in [-0.1, -0.05) is 13.8 Å². The first-order valence-electron chi connectivity index (χ1n) is 5.31. The quantitative estimate of drug-likeness (QED) is 0.563. The third kappa shape index (κ3) is 1.41. The lowest BCUT2D eigenvalue weighted by Crippen LogP contribution is -2.42. The zero-order chi connectivity index (χ0) is 9.59. The molecule has 2 aliphatic rings. The summed E-state index contributed by atoms with van der Waals surface area (Å²) in [6, 6.07) is 0. The molecule has 0 N–H and O–H groups in total. The van der Waals surface area contributed by atoms with Crippen molar-refractivity contribution in [1.29, 1.82) is 0 Å². The molecule has 13 heavy (non-hydrogen) atoms. The summed E-state index contributed by atoms with van der Waals surface area (Å²) in [5.41, 5.74) is 0. The van der Waals surface area contributed by atoms with Crippen LogP contribution in [-0.2, 0) is 4.79 Å². The van der Waals surface area contributed by atoms with Crippen LogP contribution in [0.1, 0.15) is 20.3 Å². The minimum atomic E-state index is 0.315. The molecule has 0 unspecified atom stereocenters. The standard InChI is InChI=1S/C11H19NO/c1-7-5-12(3)6-10-8(2)11(13)4-9(7)10/h7-10H,4-6H2,1-3H3/t7-,8+,9-,10-/m0/s1. The van der Waals surface area contributed by atoms with Crippen LogP contribution in [0.2, 0.25) is 0 Å². The maximum atomic E-state index is 11.6. The van der Waals surface area contributed by atoms with Gasteiger partial charge in [0, 0.05) is 25.4 Å². The van der Waals surface area contributed by atoms with Crippen molar-refractivity contribution in [2.75, 3.05) is 20.1 Å². The molecular formula is C11H19NO. The Morgan fingerprint density at radius 1 is 1.23 bits per heavy atom. The molecule has 2 fully saturated rings. The molecule has 0 aromatic carbocycles. The molecule has 2 rings (SSSR count). The van der Waals surface area contributed by atoms with Crippen molar-refractivity contribution in [3.05, 3.63) is 0 Å². The molecule has 0 bridgehead atoms. The van der Waals surface area contributed by atoms with E-state index in [1.54, 1.807) is 0 Å². The van der Waals surface area contributed by atoms with Gasteiger partial charge in [-0.2, -0.15) is 0 Å². The third-order valence-electron chi connectivity index (χ3n) is 3.99. The largest absolute Gasteiger partial charge is 0.306 e. The fraction of sp³-hybridized carbons (Fsp3) is 0.909. The molecule has 0 aromatic heterocycles. The highest BCUT2D eigenvalue weighted by molar-refractivity contribution is 5.83. The van der Waals surface area contributed by atoms with E-state index in [-0.39, 0.29) is 0 Å². The Morgan fingerprint density at radius 3 is 2.62 bits per heavy atom. The van der Waals surface area contributed by atoms with E-state index >= 15 is 0 Å². The summed E-state index contributed by atoms with van der Waals surface area (Å²) in [5, 5.41) is 0. The zero-order valence-corrected chi connectivity index (χ0v) is 8.79. The number of hydrogen-bond donors (Lipinski definition) is 0. The molecule has 1 saturated carbocycles. The molecule has 0 amide bonds. The van der Waals surface area contributed by atoms with Gasteiger partial charge in [0.15, 0.2) is 0 Å². The van der Waals surface area contributed by atoms with E-state index in [1.807, 2.05) is 0 Å². The van der Waals surface area contributed by atoms with Gasteiger partial charge in [0.05, 0.1) is 0 Å². The lowest BCUT2D eigenvalue weighted by Gasteiger charge is -2.38. The number of fused-ring (bicyclic) bond motifs is 1. The molecule has 2 heteroatoms. The number of ketones is 1. The van der Waals surface area contributed by atoms with Crippen LogP contribution in [0, 0.1) is 23.7 Å². The van der Waals surface area contributed by atoms with Crippen molar-refractivity contribution in [2.45, 2.75) is 20.3 Å². The third-order valence-corrected chi connectivity index (χ3v) is 3.99. The molecule has 0 radical (unpaired) electrons. The van der Waals surface area contributed by atoms with Crippen LogP contribution in [0.3, 0.4) is 0 Å². The highest BCUT2D eigenvalue weighted by Crippen LogP contribution is 2.41. The smallest absolute Gasteiger partial charge is 0.136 e. The van der Waals surface area contributed by atoms with Crippen molar-refractivity contribution in [3.63, 3.8) is 0 Å². The Morgan fingerprint density at radius 2 is 1.92 bits per heavy atom. The van der Waals surface area contributed by atoms with Gasteiger partial charge >= 0.3 is 0 Å². The molecular weight excluding hydrogens is 162 g/mol. The maximum absolute atomic E-state index is 11.6. The zero-order valence-electron chi connectivity index (χ0n) is 8.79. The van der Waals surface area contributed by atoms with E-state index in [1.165, 1.54) is 6.54 Å². The van der Waals surface area contributed by atoms with Crippen molar-refractivity contribution in [1.82, 2.24) is 4.90 Å². The van der Waals surface area contributed by atoms with E-state index in [9.17, 15) is 4.79 Å². The van der Waals surface area contributed by atoms with Crippen LogP contribution >= 0.6 is 0 Å². The van der Waals surface area contributed by atoms with E-state index in [2.05, 4.69) is 25.8 Å². The van der Waals surface area contributed by atoms with E-state index < -0.39 is 0 Å². The summed E-state index contributed by atoms with van der Waals surface area (Å²) in [6.45, 7) is 6.70. The molecule has 1 aliphatic carbocycles. The molecule has 0 aromatic rings.